The number of hydrogen-bond donors (Lipinski definition) is 0. The lowest BCUT2D eigenvalue weighted by atomic mass is 10.1. The van der Waals surface area contributed by atoms with Crippen molar-refractivity contribution in [1.82, 2.24) is 4.90 Å². The van der Waals surface area contributed by atoms with Crippen LogP contribution in [0.15, 0.2) is 54.6 Å². The first-order valence-electron chi connectivity index (χ1n) is 8.83. The number of hydrogen-bond acceptors (Lipinski definition) is 3. The van der Waals surface area contributed by atoms with Gasteiger partial charge in [0.15, 0.2) is 5.78 Å². The Labute approximate surface area is 156 Å². The summed E-state index contributed by atoms with van der Waals surface area (Å²) in [7, 11) is 0. The molecular formula is C21H26ClNO2. The third kappa shape index (κ3) is 6.18. The number of carbonyl (C=O) groups excluding carboxylic acids is 1. The summed E-state index contributed by atoms with van der Waals surface area (Å²) < 4.78 is 5.81. The van der Waals surface area contributed by atoms with Crippen LogP contribution in [0.1, 0.15) is 41.6 Å². The minimum atomic E-state index is 0. The molecule has 3 nitrogen and oxygen atoms in total. The van der Waals surface area contributed by atoms with Crippen LogP contribution in [0.2, 0.25) is 0 Å². The molecule has 1 aliphatic rings. The summed E-state index contributed by atoms with van der Waals surface area (Å²) in [6, 6.07) is 17.6. The number of ether oxygens (including phenoxy) is 1. The number of nitrogens with zero attached hydrogens (tertiary/aromatic N) is 1. The molecule has 134 valence electrons. The summed E-state index contributed by atoms with van der Waals surface area (Å²) in [6.07, 6.45) is 4.43. The highest BCUT2D eigenvalue weighted by molar-refractivity contribution is 5.96. The molecule has 0 bridgehead atoms. The van der Waals surface area contributed by atoms with Gasteiger partial charge in [0.05, 0.1) is 0 Å². The largest absolute Gasteiger partial charge is 0.489 e. The highest BCUT2D eigenvalue weighted by atomic mass is 35.5. The number of piperidine rings is 1. The summed E-state index contributed by atoms with van der Waals surface area (Å²) in [4.78, 5) is 14.8. The zero-order valence-corrected chi connectivity index (χ0v) is 15.3. The normalized spacial score (nSPS) is 14.6. The Bertz CT molecular complexity index is 654. The molecule has 1 saturated heterocycles. The van der Waals surface area contributed by atoms with E-state index in [0.29, 0.717) is 13.0 Å². The molecule has 2 aromatic carbocycles. The van der Waals surface area contributed by atoms with E-state index in [4.69, 9.17) is 4.74 Å². The molecular weight excluding hydrogens is 334 g/mol. The van der Waals surface area contributed by atoms with Crippen molar-refractivity contribution in [2.45, 2.75) is 32.3 Å². The molecule has 0 saturated carbocycles. The maximum atomic E-state index is 12.4. The number of ketones is 1. The minimum absolute atomic E-state index is 0. The summed E-state index contributed by atoms with van der Waals surface area (Å²) in [5.41, 5.74) is 1.87. The lowest BCUT2D eigenvalue weighted by Gasteiger charge is -2.25. The fourth-order valence-corrected chi connectivity index (χ4v) is 3.09. The van der Waals surface area contributed by atoms with E-state index >= 15 is 0 Å². The highest BCUT2D eigenvalue weighted by Gasteiger charge is 2.13. The van der Waals surface area contributed by atoms with Crippen molar-refractivity contribution in [1.29, 1.82) is 0 Å². The van der Waals surface area contributed by atoms with Gasteiger partial charge in [-0.15, -0.1) is 12.4 Å². The molecule has 0 radical (unpaired) electrons. The average Bonchev–Trinajstić information content (AvgIpc) is 2.66. The smallest absolute Gasteiger partial charge is 0.164 e. The van der Waals surface area contributed by atoms with Crippen molar-refractivity contribution in [3.8, 4) is 5.75 Å². The minimum Gasteiger partial charge on any atom is -0.489 e. The van der Waals surface area contributed by atoms with Crippen LogP contribution in [0.4, 0.5) is 0 Å². The van der Waals surface area contributed by atoms with Gasteiger partial charge in [0, 0.05) is 18.5 Å². The molecule has 0 spiro atoms. The zero-order valence-electron chi connectivity index (χ0n) is 14.5. The second kappa shape index (κ2) is 10.2. The van der Waals surface area contributed by atoms with Gasteiger partial charge in [-0.2, -0.15) is 0 Å². The fourth-order valence-electron chi connectivity index (χ4n) is 3.09. The van der Waals surface area contributed by atoms with E-state index in [-0.39, 0.29) is 18.2 Å². The van der Waals surface area contributed by atoms with Crippen LogP contribution in [0.5, 0.6) is 5.75 Å². The molecule has 0 unspecified atom stereocenters. The second-order valence-corrected chi connectivity index (χ2v) is 6.38. The first kappa shape index (κ1) is 19.5. The Morgan fingerprint density at radius 3 is 2.48 bits per heavy atom. The van der Waals surface area contributed by atoms with Gasteiger partial charge >= 0.3 is 0 Å². The molecule has 0 aliphatic carbocycles. The monoisotopic (exact) mass is 359 g/mol. The third-order valence-electron chi connectivity index (χ3n) is 4.51. The van der Waals surface area contributed by atoms with Crippen molar-refractivity contribution in [3.63, 3.8) is 0 Å². The predicted octanol–water partition coefficient (Wildman–Crippen LogP) is 4.75. The third-order valence-corrected chi connectivity index (χ3v) is 4.51. The molecule has 4 heteroatoms. The van der Waals surface area contributed by atoms with Crippen LogP contribution >= 0.6 is 12.4 Å². The van der Waals surface area contributed by atoms with Gasteiger partial charge < -0.3 is 9.64 Å². The number of rotatable bonds is 7. The molecule has 1 heterocycles. The maximum Gasteiger partial charge on any atom is 0.164 e. The van der Waals surface area contributed by atoms with Crippen molar-refractivity contribution in [3.05, 3.63) is 65.7 Å². The quantitative estimate of drug-likeness (QED) is 0.668. The van der Waals surface area contributed by atoms with Crippen LogP contribution in [-0.2, 0) is 6.61 Å². The SMILES string of the molecule is Cl.O=C(CCN1CCCCC1)c1cccc(OCc2ccccc2)c1. The summed E-state index contributed by atoms with van der Waals surface area (Å²) >= 11 is 0. The molecule has 0 aromatic heterocycles. The van der Waals surface area contributed by atoms with Crippen LogP contribution < -0.4 is 4.74 Å². The van der Waals surface area contributed by atoms with Crippen LogP contribution in [0.3, 0.4) is 0 Å². The zero-order chi connectivity index (χ0) is 16.6. The molecule has 0 atom stereocenters. The Morgan fingerprint density at radius 1 is 0.960 bits per heavy atom. The number of benzene rings is 2. The lowest BCUT2D eigenvalue weighted by Crippen LogP contribution is -2.31. The summed E-state index contributed by atoms with van der Waals surface area (Å²) in [5.74, 6) is 0.952. The number of likely N-dealkylation sites (tertiary alicyclic amines) is 1. The summed E-state index contributed by atoms with van der Waals surface area (Å²) in [5, 5.41) is 0. The van der Waals surface area contributed by atoms with E-state index in [9.17, 15) is 4.79 Å². The van der Waals surface area contributed by atoms with Gasteiger partial charge in [-0.05, 0) is 43.6 Å². The highest BCUT2D eigenvalue weighted by Crippen LogP contribution is 2.17. The van der Waals surface area contributed by atoms with Crippen LogP contribution in [0.25, 0.3) is 0 Å². The van der Waals surface area contributed by atoms with Gasteiger partial charge in [0.2, 0.25) is 0 Å². The number of carbonyl (C=O) groups is 1. The Kier molecular flexibility index (Phi) is 7.96. The van der Waals surface area contributed by atoms with E-state index in [1.54, 1.807) is 0 Å². The van der Waals surface area contributed by atoms with Crippen molar-refractivity contribution >= 4 is 18.2 Å². The van der Waals surface area contributed by atoms with Crippen LogP contribution in [0, 0.1) is 0 Å². The van der Waals surface area contributed by atoms with E-state index in [0.717, 1.165) is 36.5 Å². The van der Waals surface area contributed by atoms with Crippen molar-refractivity contribution in [2.24, 2.45) is 0 Å². The van der Waals surface area contributed by atoms with Crippen molar-refractivity contribution in [2.75, 3.05) is 19.6 Å². The standard InChI is InChI=1S/C21H25NO2.ClH/c23-21(12-15-22-13-5-2-6-14-22)19-10-7-11-20(16-19)24-17-18-8-3-1-4-9-18;/h1,3-4,7-11,16H,2,5-6,12-15,17H2;1H. The molecule has 0 N–H and O–H groups in total. The number of halogens is 1. The van der Waals surface area contributed by atoms with Gasteiger partial charge in [-0.1, -0.05) is 48.9 Å². The van der Waals surface area contributed by atoms with E-state index < -0.39 is 0 Å². The molecule has 3 rings (SSSR count). The van der Waals surface area contributed by atoms with Gasteiger partial charge in [0.1, 0.15) is 12.4 Å². The molecule has 1 fully saturated rings. The van der Waals surface area contributed by atoms with E-state index in [1.807, 2.05) is 54.6 Å². The van der Waals surface area contributed by atoms with Gasteiger partial charge in [-0.25, -0.2) is 0 Å². The molecule has 0 amide bonds. The predicted molar refractivity (Wildman–Crippen MR) is 104 cm³/mol. The average molecular weight is 360 g/mol. The topological polar surface area (TPSA) is 29.5 Å². The Hall–Kier alpha value is -1.84. The van der Waals surface area contributed by atoms with Crippen LogP contribution in [-0.4, -0.2) is 30.3 Å². The van der Waals surface area contributed by atoms with Gasteiger partial charge in [0.25, 0.3) is 0 Å². The Balaban J connectivity index is 0.00000225. The molecule has 25 heavy (non-hydrogen) atoms. The Morgan fingerprint density at radius 2 is 1.72 bits per heavy atom. The lowest BCUT2D eigenvalue weighted by molar-refractivity contribution is 0.0958. The fraction of sp³-hybridized carbons (Fsp3) is 0.381. The van der Waals surface area contributed by atoms with Crippen molar-refractivity contribution < 1.29 is 9.53 Å². The molecule has 2 aromatic rings. The first-order chi connectivity index (χ1) is 11.8. The van der Waals surface area contributed by atoms with Gasteiger partial charge in [-0.3, -0.25) is 4.79 Å². The summed E-state index contributed by atoms with van der Waals surface area (Å²) in [6.45, 7) is 3.65. The molecule has 1 aliphatic heterocycles. The first-order valence-corrected chi connectivity index (χ1v) is 8.83. The van der Waals surface area contributed by atoms with E-state index in [2.05, 4.69) is 4.90 Å². The second-order valence-electron chi connectivity index (χ2n) is 6.38. The van der Waals surface area contributed by atoms with E-state index in [1.165, 1.54) is 19.3 Å². The maximum absolute atomic E-state index is 12.4. The number of Topliss-reactive ketones (excluding diaryl/α,β-unsaturated/α-hetero) is 1.